The normalized spacial score (nSPS) is 21.9. The van der Waals surface area contributed by atoms with Gasteiger partial charge in [-0.25, -0.2) is 9.59 Å². The third-order valence-electron chi connectivity index (χ3n) is 6.66. The molecular weight excluding hydrogens is 420 g/mol. The van der Waals surface area contributed by atoms with Crippen LogP contribution in [0.4, 0.5) is 4.79 Å². The third-order valence-corrected chi connectivity index (χ3v) is 6.66. The number of piperidine rings is 1. The molecule has 3 atom stereocenters. The summed E-state index contributed by atoms with van der Waals surface area (Å²) in [4.78, 5) is 27.0. The average molecular weight is 453 g/mol. The third kappa shape index (κ3) is 5.46. The Morgan fingerprint density at radius 2 is 1.79 bits per heavy atom. The molecule has 4 rings (SSSR count). The van der Waals surface area contributed by atoms with Gasteiger partial charge in [0.25, 0.3) is 0 Å². The summed E-state index contributed by atoms with van der Waals surface area (Å²) in [6, 6.07) is 16.8. The Bertz CT molecular complexity index is 946. The number of benzene rings is 2. The van der Waals surface area contributed by atoms with Crippen LogP contribution in [0.3, 0.4) is 0 Å². The van der Waals surface area contributed by atoms with E-state index in [4.69, 9.17) is 9.47 Å². The van der Waals surface area contributed by atoms with Gasteiger partial charge in [0.15, 0.2) is 6.04 Å². The van der Waals surface area contributed by atoms with E-state index < -0.39 is 12.0 Å². The number of urea groups is 1. The molecule has 2 saturated heterocycles. The van der Waals surface area contributed by atoms with Crippen LogP contribution in [0, 0.1) is 5.92 Å². The quantitative estimate of drug-likeness (QED) is 0.584. The molecule has 8 heteroatoms. The summed E-state index contributed by atoms with van der Waals surface area (Å²) in [5, 5.41) is 2.85. The van der Waals surface area contributed by atoms with Crippen molar-refractivity contribution in [3.63, 3.8) is 0 Å². The fraction of sp³-hybridized carbons (Fsp3) is 0.440. The van der Waals surface area contributed by atoms with E-state index in [1.54, 1.807) is 12.0 Å². The number of esters is 1. The topological polar surface area (TPSA) is 91.9 Å². The molecule has 176 valence electrons. The second-order valence-corrected chi connectivity index (χ2v) is 8.60. The summed E-state index contributed by atoms with van der Waals surface area (Å²) < 4.78 is 10.3. The number of amides is 2. The zero-order valence-corrected chi connectivity index (χ0v) is 19.1. The van der Waals surface area contributed by atoms with Crippen LogP contribution in [-0.2, 0) is 9.53 Å². The summed E-state index contributed by atoms with van der Waals surface area (Å²) in [5.41, 5.74) is 8.79. The van der Waals surface area contributed by atoms with Crippen LogP contribution in [0.25, 0.3) is 0 Å². The summed E-state index contributed by atoms with van der Waals surface area (Å²) in [5.74, 6) is 0.856. The molecule has 33 heavy (non-hydrogen) atoms. The maximum absolute atomic E-state index is 12.9. The highest BCUT2D eigenvalue weighted by Crippen LogP contribution is 2.31. The molecule has 2 aliphatic rings. The summed E-state index contributed by atoms with van der Waals surface area (Å²) in [6.07, 6.45) is 2.81. The minimum atomic E-state index is -0.814. The van der Waals surface area contributed by atoms with Gasteiger partial charge in [-0.05, 0) is 48.4 Å². The first-order chi connectivity index (χ1) is 16.1. The Balaban J connectivity index is 1.30. The molecule has 0 saturated carbocycles. The molecule has 0 aliphatic carbocycles. The minimum absolute atomic E-state index is 0.234. The molecule has 2 heterocycles. The van der Waals surface area contributed by atoms with Gasteiger partial charge in [-0.1, -0.05) is 42.5 Å². The van der Waals surface area contributed by atoms with E-state index in [1.165, 1.54) is 12.7 Å². The van der Waals surface area contributed by atoms with Crippen LogP contribution < -0.4 is 20.9 Å². The molecule has 2 amide bonds. The molecule has 0 aromatic heterocycles. The molecular formula is C25H32N4O4. The number of nitrogens with one attached hydrogen (secondary N) is 3. The monoisotopic (exact) mass is 452 g/mol. The largest absolute Gasteiger partial charge is 0.497 e. The first kappa shape index (κ1) is 23.1. The standard InChI is InChI=1S/C25H32N4O4/c1-32-20-10-6-9-19(15-20)22-16-21(27-28-22)17-11-13-29(14-12-17)25(31)26-23(24(30)33-2)18-7-4-3-5-8-18/h3-10,15,17,21-23,27-28H,11-14,16H2,1-2H3,(H,26,31). The lowest BCUT2D eigenvalue weighted by molar-refractivity contribution is -0.143. The Morgan fingerprint density at radius 3 is 2.48 bits per heavy atom. The van der Waals surface area contributed by atoms with Crippen LogP contribution in [-0.4, -0.2) is 50.3 Å². The average Bonchev–Trinajstić information content (AvgIpc) is 3.38. The van der Waals surface area contributed by atoms with Gasteiger partial charge in [-0.2, -0.15) is 0 Å². The lowest BCUT2D eigenvalue weighted by Gasteiger charge is -2.35. The van der Waals surface area contributed by atoms with Crippen molar-refractivity contribution in [1.29, 1.82) is 0 Å². The molecule has 0 bridgehead atoms. The molecule has 0 radical (unpaired) electrons. The van der Waals surface area contributed by atoms with Crippen LogP contribution in [0.1, 0.15) is 42.5 Å². The number of likely N-dealkylation sites (tertiary alicyclic amines) is 1. The van der Waals surface area contributed by atoms with Gasteiger partial charge in [0, 0.05) is 25.2 Å². The number of hydrazine groups is 1. The number of nitrogens with zero attached hydrogens (tertiary/aromatic N) is 1. The van der Waals surface area contributed by atoms with Crippen molar-refractivity contribution in [3.8, 4) is 5.75 Å². The fourth-order valence-corrected chi connectivity index (χ4v) is 4.73. The van der Waals surface area contributed by atoms with Gasteiger partial charge >= 0.3 is 12.0 Å². The van der Waals surface area contributed by atoms with Crippen molar-refractivity contribution in [2.45, 2.75) is 37.4 Å². The second kappa shape index (κ2) is 10.7. The number of hydrogen-bond acceptors (Lipinski definition) is 6. The number of methoxy groups -OCH3 is 2. The van der Waals surface area contributed by atoms with Gasteiger partial charge in [-0.15, -0.1) is 0 Å². The minimum Gasteiger partial charge on any atom is -0.497 e. The van der Waals surface area contributed by atoms with Gasteiger partial charge < -0.3 is 19.7 Å². The van der Waals surface area contributed by atoms with Crippen molar-refractivity contribution in [1.82, 2.24) is 21.1 Å². The van der Waals surface area contributed by atoms with Gasteiger partial charge in [0.05, 0.1) is 14.2 Å². The van der Waals surface area contributed by atoms with Crippen molar-refractivity contribution in [2.75, 3.05) is 27.3 Å². The smallest absolute Gasteiger partial charge is 0.333 e. The number of ether oxygens (including phenoxy) is 2. The Kier molecular flexibility index (Phi) is 7.47. The van der Waals surface area contributed by atoms with Gasteiger partial charge in [0.1, 0.15) is 5.75 Å². The van der Waals surface area contributed by atoms with E-state index in [0.29, 0.717) is 30.6 Å². The predicted molar refractivity (Wildman–Crippen MR) is 124 cm³/mol. The molecule has 0 spiro atoms. The van der Waals surface area contributed by atoms with E-state index in [-0.39, 0.29) is 12.1 Å². The fourth-order valence-electron chi connectivity index (χ4n) is 4.73. The maximum Gasteiger partial charge on any atom is 0.333 e. The lowest BCUT2D eigenvalue weighted by Crippen LogP contribution is -2.49. The highest BCUT2D eigenvalue weighted by Gasteiger charge is 2.35. The van der Waals surface area contributed by atoms with Crippen molar-refractivity contribution in [3.05, 3.63) is 65.7 Å². The highest BCUT2D eigenvalue weighted by atomic mass is 16.5. The van der Waals surface area contributed by atoms with E-state index in [9.17, 15) is 9.59 Å². The number of carbonyl (C=O) groups excluding carboxylic acids is 2. The zero-order chi connectivity index (χ0) is 23.2. The maximum atomic E-state index is 12.9. The summed E-state index contributed by atoms with van der Waals surface area (Å²) in [6.45, 7) is 1.31. The Labute approximate surface area is 194 Å². The summed E-state index contributed by atoms with van der Waals surface area (Å²) in [7, 11) is 3.01. The Hall–Kier alpha value is -3.10. The molecule has 2 aromatic carbocycles. The molecule has 2 aromatic rings. The second-order valence-electron chi connectivity index (χ2n) is 8.60. The van der Waals surface area contributed by atoms with Gasteiger partial charge in [0.2, 0.25) is 0 Å². The number of rotatable bonds is 6. The zero-order valence-electron chi connectivity index (χ0n) is 19.1. The molecule has 2 aliphatic heterocycles. The van der Waals surface area contributed by atoms with Crippen molar-refractivity contribution >= 4 is 12.0 Å². The van der Waals surface area contributed by atoms with Gasteiger partial charge in [-0.3, -0.25) is 10.9 Å². The molecule has 3 unspecified atom stereocenters. The van der Waals surface area contributed by atoms with E-state index in [0.717, 1.165) is 25.0 Å². The van der Waals surface area contributed by atoms with Crippen molar-refractivity contribution < 1.29 is 19.1 Å². The number of hydrogen-bond donors (Lipinski definition) is 3. The SMILES string of the molecule is COC(=O)C(NC(=O)N1CCC(C2CC(c3cccc(OC)c3)NN2)CC1)c1ccccc1. The highest BCUT2D eigenvalue weighted by molar-refractivity contribution is 5.84. The van der Waals surface area contributed by atoms with Crippen LogP contribution in [0.5, 0.6) is 5.75 Å². The predicted octanol–water partition coefficient (Wildman–Crippen LogP) is 2.94. The molecule has 3 N–H and O–H groups in total. The molecule has 8 nitrogen and oxygen atoms in total. The summed E-state index contributed by atoms with van der Waals surface area (Å²) >= 11 is 0. The van der Waals surface area contributed by atoms with E-state index >= 15 is 0 Å². The van der Waals surface area contributed by atoms with E-state index in [2.05, 4.69) is 28.3 Å². The Morgan fingerprint density at radius 1 is 1.03 bits per heavy atom. The van der Waals surface area contributed by atoms with Crippen molar-refractivity contribution in [2.24, 2.45) is 5.92 Å². The van der Waals surface area contributed by atoms with E-state index in [1.807, 2.05) is 42.5 Å². The number of carbonyl (C=O) groups is 2. The van der Waals surface area contributed by atoms with Crippen LogP contribution in [0.15, 0.2) is 54.6 Å². The van der Waals surface area contributed by atoms with Crippen LogP contribution in [0.2, 0.25) is 0 Å². The first-order valence-electron chi connectivity index (χ1n) is 11.4. The molecule has 2 fully saturated rings. The van der Waals surface area contributed by atoms with Crippen LogP contribution >= 0.6 is 0 Å². The lowest BCUT2D eigenvalue weighted by atomic mass is 9.86. The first-order valence-corrected chi connectivity index (χ1v) is 11.4.